The molecule has 0 amide bonds. The zero-order chi connectivity index (χ0) is 15.1. The highest BCUT2D eigenvalue weighted by atomic mass is 35.5. The molecule has 2 aromatic carbocycles. The Balaban J connectivity index is 2.22. The van der Waals surface area contributed by atoms with E-state index in [0.717, 1.165) is 5.69 Å². The highest BCUT2D eigenvalue weighted by Gasteiger charge is 2.12. The lowest BCUT2D eigenvalue weighted by molar-refractivity contribution is 0.106. The Kier molecular flexibility index (Phi) is 5.06. The Bertz CT molecular complexity index is 666. The summed E-state index contributed by atoms with van der Waals surface area (Å²) in [6.45, 7) is 0. The van der Waals surface area contributed by atoms with E-state index in [1.165, 1.54) is 6.21 Å². The number of para-hydroxylation sites is 1. The molecule has 0 fully saturated rings. The van der Waals surface area contributed by atoms with Crippen LogP contribution in [0.1, 0.15) is 10.4 Å². The molecular formula is C15H13ClN4O. The summed E-state index contributed by atoms with van der Waals surface area (Å²) in [5.41, 5.74) is 4.09. The van der Waals surface area contributed by atoms with Gasteiger partial charge in [-0.15, -0.1) is 0 Å². The molecule has 5 nitrogen and oxygen atoms in total. The molecule has 0 aliphatic rings. The van der Waals surface area contributed by atoms with Crippen molar-refractivity contribution in [3.8, 4) is 0 Å². The predicted molar refractivity (Wildman–Crippen MR) is 86.0 cm³/mol. The highest BCUT2D eigenvalue weighted by Crippen LogP contribution is 2.11. The molecule has 6 heteroatoms. The molecule has 0 radical (unpaired) electrons. The summed E-state index contributed by atoms with van der Waals surface area (Å²) in [5, 5.41) is 7.96. The van der Waals surface area contributed by atoms with Gasteiger partial charge in [-0.25, -0.2) is 0 Å². The maximum absolute atomic E-state index is 12.3. The smallest absolute Gasteiger partial charge is 0.214 e. The number of carbonyl (C=O) groups is 1. The minimum Gasteiger partial charge on any atom is -0.323 e. The summed E-state index contributed by atoms with van der Waals surface area (Å²) < 4.78 is 0. The Labute approximate surface area is 127 Å². The maximum atomic E-state index is 12.3. The number of rotatable bonds is 5. The molecule has 0 heterocycles. The van der Waals surface area contributed by atoms with Crippen molar-refractivity contribution in [2.75, 3.05) is 5.43 Å². The van der Waals surface area contributed by atoms with Crippen LogP contribution in [0.15, 0.2) is 64.8 Å². The molecule has 0 aliphatic carbocycles. The van der Waals surface area contributed by atoms with Crippen LogP contribution in [0.3, 0.4) is 0 Å². The van der Waals surface area contributed by atoms with Gasteiger partial charge in [-0.05, 0) is 36.4 Å². The van der Waals surface area contributed by atoms with Gasteiger partial charge >= 0.3 is 0 Å². The average Bonchev–Trinajstić information content (AvgIpc) is 2.52. The average molecular weight is 301 g/mol. The molecule has 0 aromatic heterocycles. The first kappa shape index (κ1) is 14.7. The second-order valence-electron chi connectivity index (χ2n) is 4.09. The van der Waals surface area contributed by atoms with Crippen molar-refractivity contribution in [3.63, 3.8) is 0 Å². The van der Waals surface area contributed by atoms with Gasteiger partial charge in [0.05, 0.1) is 11.9 Å². The Hall–Kier alpha value is -2.66. The van der Waals surface area contributed by atoms with Gasteiger partial charge in [-0.3, -0.25) is 10.2 Å². The topological polar surface area (TPSA) is 79.8 Å². The van der Waals surface area contributed by atoms with Gasteiger partial charge in [-0.1, -0.05) is 29.8 Å². The van der Waals surface area contributed by atoms with E-state index in [0.29, 0.717) is 10.6 Å². The molecule has 0 bridgehead atoms. The third kappa shape index (κ3) is 4.15. The fraction of sp³-hybridized carbons (Fsp3) is 0. The van der Waals surface area contributed by atoms with Crippen LogP contribution in [0.25, 0.3) is 0 Å². The van der Waals surface area contributed by atoms with E-state index in [-0.39, 0.29) is 11.5 Å². The molecule has 3 N–H and O–H groups in total. The summed E-state index contributed by atoms with van der Waals surface area (Å²) in [4.78, 5) is 12.3. The summed E-state index contributed by atoms with van der Waals surface area (Å²) in [6, 6.07) is 15.8. The Morgan fingerprint density at radius 1 is 1.10 bits per heavy atom. The lowest BCUT2D eigenvalue weighted by atomic mass is 10.1. The van der Waals surface area contributed by atoms with Crippen LogP contribution >= 0.6 is 11.6 Å². The third-order valence-electron chi connectivity index (χ3n) is 2.62. The van der Waals surface area contributed by atoms with Crippen molar-refractivity contribution in [2.24, 2.45) is 16.0 Å². The minimum absolute atomic E-state index is 0.101. The van der Waals surface area contributed by atoms with Gasteiger partial charge in [0.25, 0.3) is 0 Å². The van der Waals surface area contributed by atoms with Crippen molar-refractivity contribution >= 4 is 35.0 Å². The van der Waals surface area contributed by atoms with Crippen molar-refractivity contribution in [1.29, 1.82) is 0 Å². The number of hydrogen-bond acceptors (Lipinski definition) is 5. The Morgan fingerprint density at radius 3 is 2.38 bits per heavy atom. The summed E-state index contributed by atoms with van der Waals surface area (Å²) >= 11 is 5.80. The molecule has 0 aliphatic heterocycles. The molecule has 106 valence electrons. The molecular weight excluding hydrogens is 288 g/mol. The standard InChI is InChI=1S/C15H13ClN4O/c16-12-8-6-11(7-9-12)15(21)14(10-18-17)20-19-13-4-2-1-3-5-13/h1-10,19H,17H2/b18-10-,20-14-. The molecule has 2 aromatic rings. The number of nitrogens with zero attached hydrogens (tertiary/aromatic N) is 2. The molecule has 2 rings (SSSR count). The van der Waals surface area contributed by atoms with Gasteiger partial charge in [-0.2, -0.15) is 10.2 Å². The number of nitrogens with one attached hydrogen (secondary N) is 1. The quantitative estimate of drug-likeness (QED) is 0.385. The number of hydrazone groups is 2. The SMILES string of the molecule is N/N=C\C(=N\Nc1ccccc1)C(=O)c1ccc(Cl)cc1. The van der Waals surface area contributed by atoms with E-state index < -0.39 is 0 Å². The maximum Gasteiger partial charge on any atom is 0.214 e. The number of carbonyl (C=O) groups excluding carboxylic acids is 1. The molecule has 21 heavy (non-hydrogen) atoms. The number of Topliss-reactive ketones (excluding diaryl/α,β-unsaturated/α-hetero) is 1. The molecule has 0 spiro atoms. The van der Waals surface area contributed by atoms with Gasteiger partial charge < -0.3 is 5.84 Å². The second-order valence-corrected chi connectivity index (χ2v) is 4.53. The van der Waals surface area contributed by atoms with Crippen LogP contribution in [0.4, 0.5) is 5.69 Å². The van der Waals surface area contributed by atoms with Crippen LogP contribution < -0.4 is 11.3 Å². The van der Waals surface area contributed by atoms with Gasteiger partial charge in [0.15, 0.2) is 5.71 Å². The summed E-state index contributed by atoms with van der Waals surface area (Å²) in [6.07, 6.45) is 1.20. The van der Waals surface area contributed by atoms with Crippen molar-refractivity contribution in [2.45, 2.75) is 0 Å². The van der Waals surface area contributed by atoms with E-state index in [9.17, 15) is 4.79 Å². The largest absolute Gasteiger partial charge is 0.323 e. The van der Waals surface area contributed by atoms with E-state index in [4.69, 9.17) is 17.4 Å². The number of anilines is 1. The highest BCUT2D eigenvalue weighted by molar-refractivity contribution is 6.64. The molecule has 0 saturated carbocycles. The molecule has 0 saturated heterocycles. The van der Waals surface area contributed by atoms with E-state index in [2.05, 4.69) is 15.6 Å². The number of nitrogens with two attached hydrogens (primary N) is 1. The Morgan fingerprint density at radius 2 is 1.76 bits per heavy atom. The van der Waals surface area contributed by atoms with Gasteiger partial charge in [0, 0.05) is 10.6 Å². The lowest BCUT2D eigenvalue weighted by Crippen LogP contribution is -2.18. The third-order valence-corrected chi connectivity index (χ3v) is 2.87. The van der Waals surface area contributed by atoms with Crippen LogP contribution in [-0.2, 0) is 0 Å². The fourth-order valence-electron chi connectivity index (χ4n) is 1.60. The predicted octanol–water partition coefficient (Wildman–Crippen LogP) is 2.94. The fourth-order valence-corrected chi connectivity index (χ4v) is 1.72. The number of hydrogen-bond donors (Lipinski definition) is 2. The minimum atomic E-state index is -0.302. The van der Waals surface area contributed by atoms with Crippen LogP contribution in [0.5, 0.6) is 0 Å². The summed E-state index contributed by atoms with van der Waals surface area (Å²) in [7, 11) is 0. The van der Waals surface area contributed by atoms with Gasteiger partial charge in [0.2, 0.25) is 5.78 Å². The zero-order valence-electron chi connectivity index (χ0n) is 11.0. The second kappa shape index (κ2) is 7.21. The van der Waals surface area contributed by atoms with Crippen molar-refractivity contribution in [3.05, 3.63) is 65.2 Å². The van der Waals surface area contributed by atoms with E-state index >= 15 is 0 Å². The first-order valence-electron chi connectivity index (χ1n) is 6.13. The van der Waals surface area contributed by atoms with Crippen LogP contribution in [-0.4, -0.2) is 17.7 Å². The van der Waals surface area contributed by atoms with Crippen LogP contribution in [0, 0.1) is 0 Å². The van der Waals surface area contributed by atoms with Crippen molar-refractivity contribution < 1.29 is 4.79 Å². The number of halogens is 1. The first-order valence-corrected chi connectivity index (χ1v) is 6.51. The van der Waals surface area contributed by atoms with E-state index in [1.54, 1.807) is 24.3 Å². The summed E-state index contributed by atoms with van der Waals surface area (Å²) in [5.74, 6) is 4.82. The molecule has 0 unspecified atom stereocenters. The normalized spacial score (nSPS) is 11.6. The molecule has 0 atom stereocenters. The first-order chi connectivity index (χ1) is 10.2. The van der Waals surface area contributed by atoms with Crippen molar-refractivity contribution in [1.82, 2.24) is 0 Å². The zero-order valence-corrected chi connectivity index (χ0v) is 11.8. The monoisotopic (exact) mass is 300 g/mol. The van der Waals surface area contributed by atoms with Gasteiger partial charge in [0.1, 0.15) is 0 Å². The van der Waals surface area contributed by atoms with E-state index in [1.807, 2.05) is 30.3 Å². The lowest BCUT2D eigenvalue weighted by Gasteiger charge is -2.03. The number of ketones is 1. The number of benzene rings is 2. The van der Waals surface area contributed by atoms with Crippen LogP contribution in [0.2, 0.25) is 5.02 Å².